The van der Waals surface area contributed by atoms with Crippen LogP contribution in [0.15, 0.2) is 47.3 Å². The number of hydrogen-bond acceptors (Lipinski definition) is 4. The molecule has 1 amide bonds. The lowest BCUT2D eigenvalue weighted by Gasteiger charge is -2.04. The molecular formula is C17H10Cl2N4OS. The molecule has 0 saturated carbocycles. The monoisotopic (exact) mass is 388 g/mol. The second-order valence-corrected chi connectivity index (χ2v) is 6.85. The van der Waals surface area contributed by atoms with Gasteiger partial charge in [0.05, 0.1) is 26.6 Å². The fourth-order valence-corrected chi connectivity index (χ4v) is 3.52. The van der Waals surface area contributed by atoms with E-state index in [0.29, 0.717) is 32.8 Å². The molecule has 25 heavy (non-hydrogen) atoms. The van der Waals surface area contributed by atoms with Crippen LogP contribution in [0, 0.1) is 0 Å². The summed E-state index contributed by atoms with van der Waals surface area (Å²) in [5, 5.41) is 7.29. The second kappa shape index (κ2) is 6.48. The van der Waals surface area contributed by atoms with Crippen molar-refractivity contribution < 1.29 is 4.79 Å². The van der Waals surface area contributed by atoms with Gasteiger partial charge in [0.15, 0.2) is 5.82 Å². The number of halogens is 2. The third kappa shape index (κ3) is 3.24. The van der Waals surface area contributed by atoms with E-state index >= 15 is 0 Å². The topological polar surface area (TPSA) is 70.7 Å². The largest absolute Gasteiger partial charge is 0.337 e. The number of imidazole rings is 1. The van der Waals surface area contributed by atoms with Gasteiger partial charge < -0.3 is 10.3 Å². The summed E-state index contributed by atoms with van der Waals surface area (Å²) in [4.78, 5) is 24.2. The van der Waals surface area contributed by atoms with Gasteiger partial charge in [0.1, 0.15) is 5.69 Å². The Morgan fingerprint density at radius 2 is 2.04 bits per heavy atom. The van der Waals surface area contributed by atoms with Gasteiger partial charge in [-0.25, -0.2) is 4.98 Å². The van der Waals surface area contributed by atoms with Crippen molar-refractivity contribution >= 4 is 57.2 Å². The first kappa shape index (κ1) is 16.1. The fraction of sp³-hybridized carbons (Fsp3) is 0. The van der Waals surface area contributed by atoms with Gasteiger partial charge in [-0.05, 0) is 30.3 Å². The molecule has 0 spiro atoms. The van der Waals surface area contributed by atoms with Crippen molar-refractivity contribution in [2.24, 2.45) is 0 Å². The average molecular weight is 389 g/mol. The molecule has 124 valence electrons. The van der Waals surface area contributed by atoms with Crippen molar-refractivity contribution in [2.75, 3.05) is 5.32 Å². The molecule has 1 aromatic carbocycles. The molecule has 4 rings (SSSR count). The molecular weight excluding hydrogens is 379 g/mol. The van der Waals surface area contributed by atoms with Gasteiger partial charge >= 0.3 is 0 Å². The van der Waals surface area contributed by atoms with Crippen LogP contribution in [-0.2, 0) is 0 Å². The Hall–Kier alpha value is -2.41. The predicted octanol–water partition coefficient (Wildman–Crippen LogP) is 5.25. The van der Waals surface area contributed by atoms with Crippen molar-refractivity contribution in [1.29, 1.82) is 0 Å². The maximum Gasteiger partial charge on any atom is 0.258 e. The zero-order chi connectivity index (χ0) is 17.4. The minimum Gasteiger partial charge on any atom is -0.337 e. The third-order valence-corrected chi connectivity index (χ3v) is 4.98. The van der Waals surface area contributed by atoms with Crippen molar-refractivity contribution in [3.63, 3.8) is 0 Å². The summed E-state index contributed by atoms with van der Waals surface area (Å²) >= 11 is 13.2. The number of nitrogens with one attached hydrogen (secondary N) is 2. The van der Waals surface area contributed by atoms with E-state index < -0.39 is 0 Å². The Kier molecular flexibility index (Phi) is 4.17. The Balaban J connectivity index is 1.63. The molecule has 2 N–H and O–H groups in total. The van der Waals surface area contributed by atoms with Crippen LogP contribution in [0.2, 0.25) is 10.0 Å². The molecule has 0 bridgehead atoms. The highest BCUT2D eigenvalue weighted by atomic mass is 35.5. The summed E-state index contributed by atoms with van der Waals surface area (Å²) in [5.74, 6) is 0.390. The molecule has 0 radical (unpaired) electrons. The lowest BCUT2D eigenvalue weighted by atomic mass is 10.2. The molecule has 4 aromatic rings. The molecule has 3 aromatic heterocycles. The van der Waals surface area contributed by atoms with Crippen molar-refractivity contribution in [3.8, 4) is 11.5 Å². The number of hydrogen-bond donors (Lipinski definition) is 2. The van der Waals surface area contributed by atoms with E-state index in [-0.39, 0.29) is 5.91 Å². The van der Waals surface area contributed by atoms with Gasteiger partial charge in [-0.1, -0.05) is 23.2 Å². The Labute approximate surface area is 156 Å². The minimum atomic E-state index is -0.246. The summed E-state index contributed by atoms with van der Waals surface area (Å²) in [7, 11) is 0. The number of aromatic nitrogens is 3. The first-order valence-corrected chi connectivity index (χ1v) is 8.95. The molecule has 5 nitrogen and oxygen atoms in total. The molecule has 0 aliphatic rings. The van der Waals surface area contributed by atoms with E-state index in [0.717, 1.165) is 11.0 Å². The van der Waals surface area contributed by atoms with Gasteiger partial charge in [-0.3, -0.25) is 9.78 Å². The highest BCUT2D eigenvalue weighted by molar-refractivity contribution is 7.08. The Morgan fingerprint density at radius 1 is 1.16 bits per heavy atom. The van der Waals surface area contributed by atoms with Crippen LogP contribution in [0.1, 0.15) is 10.4 Å². The lowest BCUT2D eigenvalue weighted by molar-refractivity contribution is 0.102. The van der Waals surface area contributed by atoms with Crippen LogP contribution < -0.4 is 5.32 Å². The normalized spacial score (nSPS) is 11.0. The van der Waals surface area contributed by atoms with Crippen LogP contribution in [0.3, 0.4) is 0 Å². The number of thiophene rings is 1. The maximum absolute atomic E-state index is 12.3. The fourth-order valence-electron chi connectivity index (χ4n) is 2.37. The summed E-state index contributed by atoms with van der Waals surface area (Å²) in [6.45, 7) is 0. The predicted molar refractivity (Wildman–Crippen MR) is 102 cm³/mol. The zero-order valence-electron chi connectivity index (χ0n) is 12.6. The smallest absolute Gasteiger partial charge is 0.258 e. The van der Waals surface area contributed by atoms with Gasteiger partial charge in [-0.15, -0.1) is 11.3 Å². The summed E-state index contributed by atoms with van der Waals surface area (Å²) in [5.41, 5.74) is 3.37. The van der Waals surface area contributed by atoms with Gasteiger partial charge in [0, 0.05) is 22.6 Å². The Bertz CT molecular complexity index is 1070. The average Bonchev–Trinajstić information content (AvgIpc) is 3.21. The van der Waals surface area contributed by atoms with Crippen molar-refractivity contribution in [1.82, 2.24) is 15.0 Å². The molecule has 0 aliphatic carbocycles. The number of amides is 1. The van der Waals surface area contributed by atoms with E-state index in [2.05, 4.69) is 20.3 Å². The molecule has 0 saturated heterocycles. The van der Waals surface area contributed by atoms with Crippen LogP contribution >= 0.6 is 34.5 Å². The summed E-state index contributed by atoms with van der Waals surface area (Å²) in [6, 6.07) is 8.99. The van der Waals surface area contributed by atoms with E-state index in [1.54, 1.807) is 35.2 Å². The van der Waals surface area contributed by atoms with Crippen LogP contribution in [0.4, 0.5) is 5.69 Å². The molecule has 0 aliphatic heterocycles. The van der Waals surface area contributed by atoms with Crippen molar-refractivity contribution in [2.45, 2.75) is 0 Å². The molecule has 0 atom stereocenters. The van der Waals surface area contributed by atoms with E-state index in [9.17, 15) is 4.79 Å². The van der Waals surface area contributed by atoms with Crippen molar-refractivity contribution in [3.05, 3.63) is 62.9 Å². The Morgan fingerprint density at radius 3 is 2.76 bits per heavy atom. The highest BCUT2D eigenvalue weighted by Gasteiger charge is 2.12. The number of carbonyl (C=O) groups is 1. The van der Waals surface area contributed by atoms with Crippen LogP contribution in [-0.4, -0.2) is 20.9 Å². The van der Waals surface area contributed by atoms with E-state index in [4.69, 9.17) is 23.2 Å². The molecule has 0 fully saturated rings. The third-order valence-electron chi connectivity index (χ3n) is 3.57. The number of H-pyrrole nitrogens is 1. The number of benzene rings is 1. The van der Waals surface area contributed by atoms with E-state index in [1.165, 1.54) is 11.3 Å². The SMILES string of the molecule is O=C(Nc1ccc2nc(-c3ccc(Cl)cn3)[nH]c2c1)c1cscc1Cl. The number of pyridine rings is 1. The molecule has 0 unspecified atom stereocenters. The number of nitrogens with zero attached hydrogens (tertiary/aromatic N) is 2. The quantitative estimate of drug-likeness (QED) is 0.503. The summed E-state index contributed by atoms with van der Waals surface area (Å²) in [6.07, 6.45) is 1.57. The van der Waals surface area contributed by atoms with Crippen LogP contribution in [0.25, 0.3) is 22.6 Å². The highest BCUT2D eigenvalue weighted by Crippen LogP contribution is 2.25. The number of aromatic amines is 1. The lowest BCUT2D eigenvalue weighted by Crippen LogP contribution is -2.11. The first-order chi connectivity index (χ1) is 12.1. The van der Waals surface area contributed by atoms with Gasteiger partial charge in [-0.2, -0.15) is 0 Å². The molecule has 3 heterocycles. The first-order valence-electron chi connectivity index (χ1n) is 7.25. The maximum atomic E-state index is 12.3. The number of carbonyl (C=O) groups excluding carboxylic acids is 1. The minimum absolute atomic E-state index is 0.246. The summed E-state index contributed by atoms with van der Waals surface area (Å²) < 4.78 is 0. The van der Waals surface area contributed by atoms with Gasteiger partial charge in [0.25, 0.3) is 5.91 Å². The number of rotatable bonds is 3. The number of anilines is 1. The second-order valence-electron chi connectivity index (χ2n) is 5.27. The van der Waals surface area contributed by atoms with Crippen LogP contribution in [0.5, 0.6) is 0 Å². The standard InChI is InChI=1S/C17H10Cl2N4OS/c18-9-1-3-14(20-6-9)16-22-13-4-2-10(5-15(13)23-16)21-17(24)11-7-25-8-12(11)19/h1-8H,(H,21,24)(H,22,23). The molecule has 8 heteroatoms. The van der Waals surface area contributed by atoms with E-state index in [1.807, 2.05) is 12.1 Å². The van der Waals surface area contributed by atoms with Gasteiger partial charge in [0.2, 0.25) is 0 Å². The zero-order valence-corrected chi connectivity index (χ0v) is 14.9. The number of fused-ring (bicyclic) bond motifs is 1.